The monoisotopic (exact) mass is 255 g/mol. The number of nitrogens with two attached hydrogens (primary N) is 1. The Balaban J connectivity index is 2.19. The van der Waals surface area contributed by atoms with Crippen LogP contribution in [0.3, 0.4) is 0 Å². The van der Waals surface area contributed by atoms with Gasteiger partial charge in [-0.1, -0.05) is 17.7 Å². The van der Waals surface area contributed by atoms with Crippen molar-refractivity contribution in [1.82, 2.24) is 9.36 Å². The molecule has 0 saturated carbocycles. The zero-order valence-electron chi connectivity index (χ0n) is 8.61. The first kappa shape index (κ1) is 11.3. The summed E-state index contributed by atoms with van der Waals surface area (Å²) < 4.78 is 9.52. The molecule has 4 nitrogen and oxygen atoms in total. The Hall–Kier alpha value is -1.17. The molecule has 0 bridgehead atoms. The van der Waals surface area contributed by atoms with Crippen molar-refractivity contribution in [3.63, 3.8) is 0 Å². The van der Waals surface area contributed by atoms with E-state index in [4.69, 9.17) is 22.1 Å². The molecule has 1 aromatic heterocycles. The van der Waals surface area contributed by atoms with Gasteiger partial charge >= 0.3 is 0 Å². The van der Waals surface area contributed by atoms with Crippen molar-refractivity contribution in [3.8, 4) is 10.9 Å². The fraction of sp³-hybridized carbons (Fsp3) is 0.200. The van der Waals surface area contributed by atoms with E-state index < -0.39 is 0 Å². The molecule has 0 fully saturated rings. The minimum Gasteiger partial charge on any atom is -0.430 e. The second kappa shape index (κ2) is 4.78. The summed E-state index contributed by atoms with van der Waals surface area (Å²) in [6, 6.07) is 5.37. The Morgan fingerprint density at radius 3 is 2.88 bits per heavy atom. The Kier molecular flexibility index (Phi) is 3.38. The molecule has 6 heteroatoms. The third-order valence-electron chi connectivity index (χ3n) is 1.96. The second-order valence-corrected chi connectivity index (χ2v) is 4.29. The van der Waals surface area contributed by atoms with Crippen LogP contribution in [0, 0.1) is 6.92 Å². The molecule has 84 valence electrons. The van der Waals surface area contributed by atoms with Gasteiger partial charge in [0.15, 0.2) is 0 Å². The molecular formula is C10H10ClN3OS. The zero-order chi connectivity index (χ0) is 11.5. The molecule has 2 rings (SSSR count). The molecule has 0 amide bonds. The summed E-state index contributed by atoms with van der Waals surface area (Å²) in [5.74, 6) is 1.34. The summed E-state index contributed by atoms with van der Waals surface area (Å²) in [6.45, 7) is 2.23. The molecule has 0 aliphatic carbocycles. The van der Waals surface area contributed by atoms with Crippen LogP contribution in [0.4, 0.5) is 0 Å². The molecular weight excluding hydrogens is 246 g/mol. The number of rotatable bonds is 3. The summed E-state index contributed by atoms with van der Waals surface area (Å²) in [7, 11) is 0. The summed E-state index contributed by atoms with van der Waals surface area (Å²) in [5.41, 5.74) is 6.40. The number of aromatic nitrogens is 2. The topological polar surface area (TPSA) is 61.0 Å². The van der Waals surface area contributed by atoms with E-state index in [1.807, 2.05) is 19.1 Å². The van der Waals surface area contributed by atoms with Crippen LogP contribution in [0.25, 0.3) is 0 Å². The zero-order valence-corrected chi connectivity index (χ0v) is 10.2. The quantitative estimate of drug-likeness (QED) is 0.916. The average molecular weight is 256 g/mol. The highest BCUT2D eigenvalue weighted by Crippen LogP contribution is 2.27. The number of hydrogen-bond donors (Lipinski definition) is 1. The summed E-state index contributed by atoms with van der Waals surface area (Å²) in [5, 5.41) is 1.11. The van der Waals surface area contributed by atoms with E-state index in [2.05, 4.69) is 9.36 Å². The van der Waals surface area contributed by atoms with Crippen molar-refractivity contribution in [3.05, 3.63) is 34.6 Å². The predicted molar refractivity (Wildman–Crippen MR) is 64.1 cm³/mol. The Morgan fingerprint density at radius 2 is 2.31 bits per heavy atom. The van der Waals surface area contributed by atoms with Gasteiger partial charge in [0.2, 0.25) is 0 Å². The molecule has 2 aromatic rings. The summed E-state index contributed by atoms with van der Waals surface area (Å²) in [6.07, 6.45) is 0. The van der Waals surface area contributed by atoms with Crippen molar-refractivity contribution in [2.75, 3.05) is 0 Å². The SMILES string of the molecule is Cc1nsc(Oc2ccc(CN)c(Cl)c2)n1. The number of aryl methyl sites for hydroxylation is 1. The van der Waals surface area contributed by atoms with E-state index in [0.29, 0.717) is 28.3 Å². The van der Waals surface area contributed by atoms with Crippen LogP contribution in [0.2, 0.25) is 5.02 Å². The number of benzene rings is 1. The van der Waals surface area contributed by atoms with E-state index >= 15 is 0 Å². The Morgan fingerprint density at radius 1 is 1.50 bits per heavy atom. The lowest BCUT2D eigenvalue weighted by atomic mass is 10.2. The highest BCUT2D eigenvalue weighted by atomic mass is 35.5. The number of ether oxygens (including phenoxy) is 1. The fourth-order valence-corrected chi connectivity index (χ4v) is 1.98. The van der Waals surface area contributed by atoms with Gasteiger partial charge in [-0.05, 0) is 24.6 Å². The van der Waals surface area contributed by atoms with Gasteiger partial charge in [-0.15, -0.1) is 0 Å². The average Bonchev–Trinajstić information content (AvgIpc) is 2.64. The lowest BCUT2D eigenvalue weighted by Gasteiger charge is -2.04. The fourth-order valence-electron chi connectivity index (χ4n) is 1.18. The third-order valence-corrected chi connectivity index (χ3v) is 3.00. The summed E-state index contributed by atoms with van der Waals surface area (Å²) >= 11 is 7.22. The molecule has 0 aliphatic rings. The first-order chi connectivity index (χ1) is 7.69. The van der Waals surface area contributed by atoms with Gasteiger partial charge in [-0.3, -0.25) is 0 Å². The molecule has 1 heterocycles. The molecule has 2 N–H and O–H groups in total. The van der Waals surface area contributed by atoms with Crippen LogP contribution >= 0.6 is 23.1 Å². The lowest BCUT2D eigenvalue weighted by molar-refractivity contribution is 0.477. The Bertz CT molecular complexity index is 501. The van der Waals surface area contributed by atoms with E-state index in [1.165, 1.54) is 11.5 Å². The van der Waals surface area contributed by atoms with Crippen molar-refractivity contribution in [1.29, 1.82) is 0 Å². The van der Waals surface area contributed by atoms with E-state index in [9.17, 15) is 0 Å². The van der Waals surface area contributed by atoms with Crippen molar-refractivity contribution >= 4 is 23.1 Å². The normalized spacial score (nSPS) is 10.4. The molecule has 0 atom stereocenters. The van der Waals surface area contributed by atoms with Crippen LogP contribution < -0.4 is 10.5 Å². The standard InChI is InChI=1S/C10H10ClN3OS/c1-6-13-10(16-14-6)15-8-3-2-7(5-12)9(11)4-8/h2-4H,5,12H2,1H3. The highest BCUT2D eigenvalue weighted by molar-refractivity contribution is 7.07. The maximum absolute atomic E-state index is 6.01. The molecule has 0 saturated heterocycles. The molecule has 0 unspecified atom stereocenters. The van der Waals surface area contributed by atoms with E-state index in [-0.39, 0.29) is 0 Å². The second-order valence-electron chi connectivity index (χ2n) is 3.17. The van der Waals surface area contributed by atoms with Crippen molar-refractivity contribution in [2.45, 2.75) is 13.5 Å². The molecule has 1 aromatic carbocycles. The minimum atomic E-state index is 0.414. The maximum atomic E-state index is 6.01. The van der Waals surface area contributed by atoms with Crippen LogP contribution in [0.15, 0.2) is 18.2 Å². The minimum absolute atomic E-state index is 0.414. The van der Waals surface area contributed by atoms with Crippen LogP contribution in [-0.4, -0.2) is 9.36 Å². The van der Waals surface area contributed by atoms with E-state index in [1.54, 1.807) is 6.07 Å². The van der Waals surface area contributed by atoms with Gasteiger partial charge in [-0.25, -0.2) is 0 Å². The summed E-state index contributed by atoms with van der Waals surface area (Å²) in [4.78, 5) is 4.10. The van der Waals surface area contributed by atoms with Crippen LogP contribution in [0.5, 0.6) is 10.9 Å². The van der Waals surface area contributed by atoms with Crippen molar-refractivity contribution < 1.29 is 4.74 Å². The van der Waals surface area contributed by atoms with Crippen LogP contribution in [0.1, 0.15) is 11.4 Å². The van der Waals surface area contributed by atoms with E-state index in [0.717, 1.165) is 5.56 Å². The lowest BCUT2D eigenvalue weighted by Crippen LogP contribution is -1.97. The Labute approximate surface area is 102 Å². The van der Waals surface area contributed by atoms with Crippen LogP contribution in [-0.2, 0) is 6.54 Å². The smallest absolute Gasteiger partial charge is 0.298 e. The van der Waals surface area contributed by atoms with Gasteiger partial charge in [0.1, 0.15) is 11.6 Å². The van der Waals surface area contributed by atoms with Crippen molar-refractivity contribution in [2.24, 2.45) is 5.73 Å². The van der Waals surface area contributed by atoms with Gasteiger partial charge in [-0.2, -0.15) is 9.36 Å². The molecule has 0 spiro atoms. The molecule has 16 heavy (non-hydrogen) atoms. The molecule has 0 aliphatic heterocycles. The van der Waals surface area contributed by atoms with Gasteiger partial charge in [0.05, 0.1) is 0 Å². The highest BCUT2D eigenvalue weighted by Gasteiger charge is 2.05. The molecule has 0 radical (unpaired) electrons. The largest absolute Gasteiger partial charge is 0.430 e. The van der Waals surface area contributed by atoms with Gasteiger partial charge < -0.3 is 10.5 Å². The third kappa shape index (κ3) is 2.49. The number of halogens is 1. The number of nitrogens with zero attached hydrogens (tertiary/aromatic N) is 2. The maximum Gasteiger partial charge on any atom is 0.298 e. The first-order valence-electron chi connectivity index (χ1n) is 4.65. The van der Waals surface area contributed by atoms with Gasteiger partial charge in [0, 0.05) is 23.1 Å². The first-order valence-corrected chi connectivity index (χ1v) is 5.81. The number of hydrogen-bond acceptors (Lipinski definition) is 5. The predicted octanol–water partition coefficient (Wildman–Crippen LogP) is 2.75. The van der Waals surface area contributed by atoms with Gasteiger partial charge in [0.25, 0.3) is 5.19 Å².